The first-order valence-electron chi connectivity index (χ1n) is 7.91. The Hall–Kier alpha value is -3.61. The number of aromatic nitrogens is 1. The summed E-state index contributed by atoms with van der Waals surface area (Å²) in [4.78, 5) is 27.4. The van der Waals surface area contributed by atoms with Crippen LogP contribution in [0.5, 0.6) is 0 Å². The molecule has 7 nitrogen and oxygen atoms in total. The predicted molar refractivity (Wildman–Crippen MR) is 99.3 cm³/mol. The van der Waals surface area contributed by atoms with E-state index in [-0.39, 0.29) is 11.6 Å². The van der Waals surface area contributed by atoms with Crippen LogP contribution in [-0.4, -0.2) is 21.5 Å². The highest BCUT2D eigenvalue weighted by molar-refractivity contribution is 6.07. The average molecular weight is 348 g/mol. The smallest absolute Gasteiger partial charge is 0.267 e. The fourth-order valence-corrected chi connectivity index (χ4v) is 2.60. The number of nitro benzene ring substituents is 1. The van der Waals surface area contributed by atoms with Gasteiger partial charge >= 0.3 is 0 Å². The Labute approximate surface area is 149 Å². The number of aryl methyl sites for hydroxylation is 1. The zero-order chi connectivity index (χ0) is 18.7. The van der Waals surface area contributed by atoms with E-state index in [0.29, 0.717) is 16.8 Å². The largest absolute Gasteiger partial charge is 0.272 e. The number of non-ortho nitro benzene ring substituents is 1. The molecule has 130 valence electrons. The highest BCUT2D eigenvalue weighted by atomic mass is 16.6. The number of para-hydroxylation sites is 1. The molecule has 0 aliphatic carbocycles. The van der Waals surface area contributed by atoms with Crippen molar-refractivity contribution in [3.05, 3.63) is 81.5 Å². The van der Waals surface area contributed by atoms with Gasteiger partial charge in [0.25, 0.3) is 11.6 Å². The van der Waals surface area contributed by atoms with Gasteiger partial charge in [-0.25, -0.2) is 5.43 Å². The van der Waals surface area contributed by atoms with Crippen LogP contribution < -0.4 is 5.43 Å². The summed E-state index contributed by atoms with van der Waals surface area (Å²) in [5.41, 5.74) is 5.46. The van der Waals surface area contributed by atoms with E-state index in [4.69, 9.17) is 0 Å². The highest BCUT2D eigenvalue weighted by Gasteiger charge is 2.12. The third kappa shape index (κ3) is 3.56. The number of nitro groups is 1. The summed E-state index contributed by atoms with van der Waals surface area (Å²) in [6.07, 6.45) is 0. The molecule has 0 aliphatic heterocycles. The first-order valence-corrected chi connectivity index (χ1v) is 7.91. The van der Waals surface area contributed by atoms with Crippen molar-refractivity contribution in [2.24, 2.45) is 5.10 Å². The van der Waals surface area contributed by atoms with Gasteiger partial charge in [0.2, 0.25) is 0 Å². The van der Waals surface area contributed by atoms with Crippen molar-refractivity contribution in [1.82, 2.24) is 10.4 Å². The first kappa shape index (κ1) is 17.2. The molecule has 1 N–H and O–H groups in total. The van der Waals surface area contributed by atoms with Gasteiger partial charge < -0.3 is 0 Å². The summed E-state index contributed by atoms with van der Waals surface area (Å²) in [5.74, 6) is -0.364. The van der Waals surface area contributed by atoms with Gasteiger partial charge in [0.1, 0.15) is 0 Å². The molecular weight excluding hydrogens is 332 g/mol. The number of nitrogens with zero attached hydrogens (tertiary/aromatic N) is 3. The number of amides is 1. The number of nitrogens with one attached hydrogen (secondary N) is 1. The lowest BCUT2D eigenvalue weighted by atomic mass is 10.1. The van der Waals surface area contributed by atoms with Crippen molar-refractivity contribution < 1.29 is 9.72 Å². The van der Waals surface area contributed by atoms with Crippen molar-refractivity contribution in [1.29, 1.82) is 0 Å². The molecule has 3 rings (SSSR count). The first-order chi connectivity index (χ1) is 12.5. The standard InChI is InChI=1S/C19H16N4O3/c1-12-10-17(16-8-3-4-9-18(16)20-12)19(24)22-21-13(2)14-6-5-7-15(11-14)23(25)26/h3-11H,1-2H3,(H,22,24)/b21-13+. The van der Waals surface area contributed by atoms with E-state index >= 15 is 0 Å². The van der Waals surface area contributed by atoms with E-state index in [1.807, 2.05) is 31.2 Å². The fourth-order valence-electron chi connectivity index (χ4n) is 2.60. The molecule has 3 aromatic rings. The minimum atomic E-state index is -0.471. The van der Waals surface area contributed by atoms with Crippen LogP contribution in [-0.2, 0) is 0 Å². The molecule has 1 heterocycles. The van der Waals surface area contributed by atoms with Crippen LogP contribution in [0.25, 0.3) is 10.9 Å². The fraction of sp³-hybridized carbons (Fsp3) is 0.105. The molecule has 0 saturated carbocycles. The molecule has 0 unspecified atom stereocenters. The van der Waals surface area contributed by atoms with Crippen LogP contribution in [0, 0.1) is 17.0 Å². The van der Waals surface area contributed by atoms with Crippen LogP contribution in [0.15, 0.2) is 59.7 Å². The zero-order valence-electron chi connectivity index (χ0n) is 14.3. The van der Waals surface area contributed by atoms with Gasteiger partial charge in [-0.05, 0) is 26.0 Å². The Bertz CT molecular complexity index is 1040. The highest BCUT2D eigenvalue weighted by Crippen LogP contribution is 2.18. The molecule has 0 spiro atoms. The quantitative estimate of drug-likeness (QED) is 0.442. The summed E-state index contributed by atoms with van der Waals surface area (Å²) in [5, 5.41) is 15.7. The summed E-state index contributed by atoms with van der Waals surface area (Å²) in [7, 11) is 0. The lowest BCUT2D eigenvalue weighted by molar-refractivity contribution is -0.384. The Morgan fingerprint density at radius 3 is 2.69 bits per heavy atom. The number of pyridine rings is 1. The second kappa shape index (κ2) is 7.10. The minimum Gasteiger partial charge on any atom is -0.267 e. The molecule has 1 amide bonds. The Morgan fingerprint density at radius 1 is 1.15 bits per heavy atom. The molecule has 0 radical (unpaired) electrons. The normalized spacial score (nSPS) is 11.4. The second-order valence-electron chi connectivity index (χ2n) is 5.77. The van der Waals surface area contributed by atoms with E-state index in [1.54, 1.807) is 25.1 Å². The molecule has 0 aliphatic rings. The van der Waals surface area contributed by atoms with E-state index in [2.05, 4.69) is 15.5 Å². The van der Waals surface area contributed by atoms with Crippen LogP contribution >= 0.6 is 0 Å². The zero-order valence-corrected chi connectivity index (χ0v) is 14.3. The number of fused-ring (bicyclic) bond motifs is 1. The van der Waals surface area contributed by atoms with Crippen molar-refractivity contribution >= 4 is 28.2 Å². The number of hydrogen-bond donors (Lipinski definition) is 1. The minimum absolute atomic E-state index is 0.0286. The molecular formula is C19H16N4O3. The maximum atomic E-state index is 12.6. The van der Waals surface area contributed by atoms with Crippen LogP contribution in [0.3, 0.4) is 0 Å². The van der Waals surface area contributed by atoms with E-state index in [9.17, 15) is 14.9 Å². The summed E-state index contributed by atoms with van der Waals surface area (Å²) in [6.45, 7) is 3.50. The van der Waals surface area contributed by atoms with Crippen molar-refractivity contribution in [2.45, 2.75) is 13.8 Å². The molecule has 0 atom stereocenters. The number of carbonyl (C=O) groups is 1. The van der Waals surface area contributed by atoms with Crippen LogP contribution in [0.2, 0.25) is 0 Å². The molecule has 26 heavy (non-hydrogen) atoms. The number of carbonyl (C=O) groups excluding carboxylic acids is 1. The van der Waals surface area contributed by atoms with Gasteiger partial charge in [0, 0.05) is 28.8 Å². The molecule has 0 saturated heterocycles. The van der Waals surface area contributed by atoms with E-state index in [0.717, 1.165) is 16.6 Å². The molecule has 1 aromatic heterocycles. The third-order valence-corrected chi connectivity index (χ3v) is 3.89. The summed E-state index contributed by atoms with van der Waals surface area (Å²) in [6, 6.07) is 15.2. The molecule has 7 heteroatoms. The van der Waals surface area contributed by atoms with Crippen molar-refractivity contribution in [2.75, 3.05) is 0 Å². The SMILES string of the molecule is C/C(=N\NC(=O)c1cc(C)nc2ccccc12)c1cccc([N+](=O)[O-])c1. The number of hydrazone groups is 1. The Morgan fingerprint density at radius 2 is 1.92 bits per heavy atom. The molecule has 2 aromatic carbocycles. The maximum Gasteiger partial charge on any atom is 0.272 e. The topological polar surface area (TPSA) is 97.5 Å². The van der Waals surface area contributed by atoms with Gasteiger partial charge in [-0.2, -0.15) is 5.10 Å². The van der Waals surface area contributed by atoms with Crippen LogP contribution in [0.4, 0.5) is 5.69 Å². The lowest BCUT2D eigenvalue weighted by Crippen LogP contribution is -2.20. The van der Waals surface area contributed by atoms with Gasteiger partial charge in [-0.3, -0.25) is 19.9 Å². The van der Waals surface area contributed by atoms with Crippen LogP contribution in [0.1, 0.15) is 28.5 Å². The Kier molecular flexibility index (Phi) is 4.70. The average Bonchev–Trinajstić information content (AvgIpc) is 2.65. The number of benzene rings is 2. The summed E-state index contributed by atoms with van der Waals surface area (Å²) < 4.78 is 0. The molecule has 0 fully saturated rings. The monoisotopic (exact) mass is 348 g/mol. The van der Waals surface area contributed by atoms with Gasteiger partial charge in [0.05, 0.1) is 21.7 Å². The third-order valence-electron chi connectivity index (χ3n) is 3.89. The number of hydrogen-bond acceptors (Lipinski definition) is 5. The lowest BCUT2D eigenvalue weighted by Gasteiger charge is -2.07. The maximum absolute atomic E-state index is 12.6. The van der Waals surface area contributed by atoms with E-state index < -0.39 is 4.92 Å². The van der Waals surface area contributed by atoms with Crippen molar-refractivity contribution in [3.63, 3.8) is 0 Å². The van der Waals surface area contributed by atoms with Crippen molar-refractivity contribution in [3.8, 4) is 0 Å². The summed E-state index contributed by atoms with van der Waals surface area (Å²) >= 11 is 0. The van der Waals surface area contributed by atoms with Gasteiger partial charge in [0.15, 0.2) is 0 Å². The Balaban J connectivity index is 1.88. The van der Waals surface area contributed by atoms with E-state index in [1.165, 1.54) is 12.1 Å². The second-order valence-corrected chi connectivity index (χ2v) is 5.77. The van der Waals surface area contributed by atoms with Gasteiger partial charge in [-0.1, -0.05) is 30.3 Å². The number of rotatable bonds is 4. The predicted octanol–water partition coefficient (Wildman–Crippen LogP) is 3.61. The molecule has 0 bridgehead atoms. The van der Waals surface area contributed by atoms with Gasteiger partial charge in [-0.15, -0.1) is 0 Å².